The molecule has 0 aliphatic carbocycles. The van der Waals surface area contributed by atoms with Gasteiger partial charge >= 0.3 is 0 Å². The topological polar surface area (TPSA) is 50.8 Å². The molecular weight excluding hydrogens is 198 g/mol. The minimum atomic E-state index is 0.560. The van der Waals surface area contributed by atoms with Crippen molar-refractivity contribution >= 4 is 0 Å². The lowest BCUT2D eigenvalue weighted by Crippen LogP contribution is -2.23. The van der Waals surface area contributed by atoms with Gasteiger partial charge in [-0.1, -0.05) is 19.1 Å². The Bertz CT molecular complexity index is 395. The molecule has 3 nitrogen and oxygen atoms in total. The van der Waals surface area contributed by atoms with Gasteiger partial charge in [0, 0.05) is 19.5 Å². The summed E-state index contributed by atoms with van der Waals surface area (Å²) in [6, 6.07) is 11.8. The van der Waals surface area contributed by atoms with E-state index in [2.05, 4.69) is 24.0 Å². The first-order chi connectivity index (χ1) is 7.80. The third-order valence-corrected chi connectivity index (χ3v) is 2.48. The van der Waals surface area contributed by atoms with Gasteiger partial charge in [-0.15, -0.1) is 0 Å². The number of hydrogen-bond acceptors (Lipinski definition) is 3. The first-order valence-electron chi connectivity index (χ1n) is 5.38. The lowest BCUT2D eigenvalue weighted by molar-refractivity contribution is 0.287. The summed E-state index contributed by atoms with van der Waals surface area (Å²) in [4.78, 5) is 2.21. The lowest BCUT2D eigenvalue weighted by atomic mass is 10.1. The highest BCUT2D eigenvalue weighted by atomic mass is 15.1. The second-order valence-corrected chi connectivity index (χ2v) is 3.59. The average molecular weight is 213 g/mol. The Kier molecular flexibility index (Phi) is 5.05. The summed E-state index contributed by atoms with van der Waals surface area (Å²) >= 11 is 0. The fraction of sp³-hybridized carbons (Fsp3) is 0.385. The summed E-state index contributed by atoms with van der Waals surface area (Å²) in [5.74, 6) is 0. The Labute approximate surface area is 96.5 Å². The fourth-order valence-corrected chi connectivity index (χ4v) is 1.50. The van der Waals surface area contributed by atoms with Crippen molar-refractivity contribution in [2.75, 3.05) is 13.1 Å². The van der Waals surface area contributed by atoms with Crippen molar-refractivity contribution in [1.29, 1.82) is 10.5 Å². The Balaban J connectivity index is 2.57. The van der Waals surface area contributed by atoms with Crippen LogP contribution in [0.1, 0.15) is 24.5 Å². The van der Waals surface area contributed by atoms with E-state index < -0.39 is 0 Å². The first kappa shape index (κ1) is 12.2. The molecule has 1 aromatic rings. The number of nitriles is 2. The molecule has 1 aromatic carbocycles. The zero-order valence-corrected chi connectivity index (χ0v) is 9.48. The summed E-state index contributed by atoms with van der Waals surface area (Å²) < 4.78 is 0. The van der Waals surface area contributed by atoms with E-state index in [1.54, 1.807) is 0 Å². The molecule has 0 aromatic heterocycles. The van der Waals surface area contributed by atoms with E-state index in [4.69, 9.17) is 10.5 Å². The predicted octanol–water partition coefficient (Wildman–Crippen LogP) is 2.29. The van der Waals surface area contributed by atoms with E-state index >= 15 is 0 Å². The Hall–Kier alpha value is -1.84. The van der Waals surface area contributed by atoms with Crippen LogP contribution in [0.2, 0.25) is 0 Å². The summed E-state index contributed by atoms with van der Waals surface area (Å²) in [5.41, 5.74) is 1.86. The highest BCUT2D eigenvalue weighted by Crippen LogP contribution is 2.07. The minimum absolute atomic E-state index is 0.560. The Morgan fingerprint density at radius 1 is 1.19 bits per heavy atom. The van der Waals surface area contributed by atoms with Gasteiger partial charge in [0.05, 0.1) is 17.7 Å². The fourth-order valence-electron chi connectivity index (χ4n) is 1.50. The Morgan fingerprint density at radius 2 is 1.88 bits per heavy atom. The van der Waals surface area contributed by atoms with Crippen LogP contribution in [0.4, 0.5) is 0 Å². The largest absolute Gasteiger partial charge is 0.298 e. The molecule has 0 spiro atoms. The van der Waals surface area contributed by atoms with Gasteiger partial charge in [0.1, 0.15) is 0 Å². The van der Waals surface area contributed by atoms with Gasteiger partial charge in [0.2, 0.25) is 0 Å². The summed E-state index contributed by atoms with van der Waals surface area (Å²) in [6.07, 6.45) is 0.560. The van der Waals surface area contributed by atoms with Gasteiger partial charge in [-0.3, -0.25) is 4.90 Å². The molecule has 0 saturated carbocycles. The van der Waals surface area contributed by atoms with Gasteiger partial charge in [-0.25, -0.2) is 0 Å². The number of nitrogens with zero attached hydrogens (tertiary/aromatic N) is 3. The van der Waals surface area contributed by atoms with Crippen LogP contribution in [0.25, 0.3) is 0 Å². The lowest BCUT2D eigenvalue weighted by Gasteiger charge is -2.18. The molecule has 82 valence electrons. The van der Waals surface area contributed by atoms with E-state index in [9.17, 15) is 0 Å². The summed E-state index contributed by atoms with van der Waals surface area (Å²) in [6.45, 7) is 4.65. The van der Waals surface area contributed by atoms with Gasteiger partial charge in [0.15, 0.2) is 0 Å². The minimum Gasteiger partial charge on any atom is -0.298 e. The van der Waals surface area contributed by atoms with Crippen molar-refractivity contribution in [2.24, 2.45) is 0 Å². The third kappa shape index (κ3) is 3.73. The van der Waals surface area contributed by atoms with E-state index in [0.717, 1.165) is 19.6 Å². The molecule has 0 aliphatic rings. The van der Waals surface area contributed by atoms with Gasteiger partial charge in [0.25, 0.3) is 0 Å². The smallest absolute Gasteiger partial charge is 0.0991 e. The predicted molar refractivity (Wildman–Crippen MR) is 62.3 cm³/mol. The second kappa shape index (κ2) is 6.61. The van der Waals surface area contributed by atoms with Crippen molar-refractivity contribution in [1.82, 2.24) is 4.90 Å². The molecule has 0 N–H and O–H groups in total. The summed E-state index contributed by atoms with van der Waals surface area (Å²) in [5, 5.41) is 17.2. The molecule has 1 rings (SSSR count). The van der Waals surface area contributed by atoms with Crippen molar-refractivity contribution in [3.8, 4) is 12.1 Å². The highest BCUT2D eigenvalue weighted by Gasteiger charge is 2.03. The maximum absolute atomic E-state index is 8.68. The van der Waals surface area contributed by atoms with Crippen LogP contribution in [0, 0.1) is 22.7 Å². The van der Waals surface area contributed by atoms with E-state index in [-0.39, 0.29) is 0 Å². The molecule has 0 heterocycles. The van der Waals surface area contributed by atoms with Crippen LogP contribution in [-0.4, -0.2) is 18.0 Å². The third-order valence-electron chi connectivity index (χ3n) is 2.48. The molecule has 0 saturated heterocycles. The first-order valence-corrected chi connectivity index (χ1v) is 5.38. The molecule has 0 atom stereocenters. The summed E-state index contributed by atoms with van der Waals surface area (Å²) in [7, 11) is 0. The quantitative estimate of drug-likeness (QED) is 0.754. The molecule has 0 aliphatic heterocycles. The standard InChI is InChI=1S/C13H15N3/c1-2-16(9-3-8-14)11-13-6-4-12(10-15)5-7-13/h4-7H,2-3,9,11H2,1H3. The monoisotopic (exact) mass is 213 g/mol. The van der Waals surface area contributed by atoms with Crippen molar-refractivity contribution < 1.29 is 0 Å². The maximum Gasteiger partial charge on any atom is 0.0991 e. The maximum atomic E-state index is 8.68. The number of benzene rings is 1. The molecule has 0 radical (unpaired) electrons. The molecule has 0 bridgehead atoms. The molecule has 0 fully saturated rings. The van der Waals surface area contributed by atoms with E-state index in [1.165, 1.54) is 5.56 Å². The van der Waals surface area contributed by atoms with Gasteiger partial charge < -0.3 is 0 Å². The van der Waals surface area contributed by atoms with Crippen molar-refractivity contribution in [2.45, 2.75) is 19.9 Å². The molecule has 0 unspecified atom stereocenters. The van der Waals surface area contributed by atoms with Gasteiger partial charge in [-0.2, -0.15) is 10.5 Å². The molecular formula is C13H15N3. The zero-order valence-electron chi connectivity index (χ0n) is 9.48. The normalized spacial score (nSPS) is 9.75. The number of hydrogen-bond donors (Lipinski definition) is 0. The van der Waals surface area contributed by atoms with Crippen LogP contribution in [0.15, 0.2) is 24.3 Å². The van der Waals surface area contributed by atoms with Crippen molar-refractivity contribution in [3.05, 3.63) is 35.4 Å². The van der Waals surface area contributed by atoms with Crippen molar-refractivity contribution in [3.63, 3.8) is 0 Å². The van der Waals surface area contributed by atoms with Crippen LogP contribution < -0.4 is 0 Å². The highest BCUT2D eigenvalue weighted by molar-refractivity contribution is 5.31. The van der Waals surface area contributed by atoms with Crippen LogP contribution in [0.5, 0.6) is 0 Å². The van der Waals surface area contributed by atoms with E-state index in [1.807, 2.05) is 24.3 Å². The zero-order chi connectivity index (χ0) is 11.8. The van der Waals surface area contributed by atoms with Crippen LogP contribution in [-0.2, 0) is 6.54 Å². The molecule has 0 amide bonds. The molecule has 16 heavy (non-hydrogen) atoms. The van der Waals surface area contributed by atoms with Crippen LogP contribution in [0.3, 0.4) is 0 Å². The molecule has 3 heteroatoms. The average Bonchev–Trinajstić information content (AvgIpc) is 2.35. The van der Waals surface area contributed by atoms with Crippen LogP contribution >= 0.6 is 0 Å². The van der Waals surface area contributed by atoms with Gasteiger partial charge in [-0.05, 0) is 24.2 Å². The SMILES string of the molecule is CCN(CCC#N)Cc1ccc(C#N)cc1. The number of rotatable bonds is 5. The van der Waals surface area contributed by atoms with E-state index in [0.29, 0.717) is 12.0 Å². The Morgan fingerprint density at radius 3 is 2.38 bits per heavy atom. The second-order valence-electron chi connectivity index (χ2n) is 3.59.